The molecule has 40 heavy (non-hydrogen) atoms. The molecule has 2 heterocycles. The number of likely N-dealkylation sites (tertiary alicyclic amines) is 1. The van der Waals surface area contributed by atoms with E-state index < -0.39 is 38.5 Å². The highest BCUT2D eigenvalue weighted by atomic mass is 35.5. The van der Waals surface area contributed by atoms with E-state index in [1.807, 2.05) is 19.1 Å². The lowest BCUT2D eigenvalue weighted by Gasteiger charge is -2.60. The number of nitrogens with zero attached hydrogens (tertiary/aromatic N) is 1. The maximum Gasteiger partial charge on any atom is 0.272 e. The van der Waals surface area contributed by atoms with Crippen molar-refractivity contribution < 1.29 is 22.7 Å². The predicted octanol–water partition coefficient (Wildman–Crippen LogP) is 5.54. The number of halogens is 1. The molecular weight excluding hydrogens is 546 g/mol. The van der Waals surface area contributed by atoms with Crippen LogP contribution in [0.3, 0.4) is 0 Å². The van der Waals surface area contributed by atoms with Gasteiger partial charge in [-0.3, -0.25) is 14.5 Å². The van der Waals surface area contributed by atoms with Gasteiger partial charge < -0.3 is 4.74 Å². The first kappa shape index (κ1) is 26.0. The molecular formula is C32H24ClNO5S. The van der Waals surface area contributed by atoms with Crippen LogP contribution in [0.2, 0.25) is 5.02 Å². The lowest BCUT2D eigenvalue weighted by molar-refractivity contribution is -0.213. The lowest BCUT2D eigenvalue weighted by Crippen LogP contribution is -2.83. The summed E-state index contributed by atoms with van der Waals surface area (Å²) in [5.41, 5.74) is -1.08. The minimum absolute atomic E-state index is 0.0503. The maximum absolute atomic E-state index is 14.4. The first-order valence-electron chi connectivity index (χ1n) is 12.6. The summed E-state index contributed by atoms with van der Waals surface area (Å²) in [6.45, 7) is 1.85. The van der Waals surface area contributed by atoms with Crippen LogP contribution in [0.25, 0.3) is 5.76 Å². The zero-order valence-electron chi connectivity index (χ0n) is 21.5. The van der Waals surface area contributed by atoms with Crippen LogP contribution in [0.15, 0.2) is 120 Å². The number of carbonyl (C=O) groups excluding carboxylic acids is 2. The summed E-state index contributed by atoms with van der Waals surface area (Å²) in [7, 11) is -4.03. The number of benzene rings is 4. The van der Waals surface area contributed by atoms with Gasteiger partial charge in [0.15, 0.2) is 15.3 Å². The van der Waals surface area contributed by atoms with E-state index in [-0.39, 0.29) is 10.7 Å². The molecule has 0 aromatic heterocycles. The van der Waals surface area contributed by atoms with E-state index in [9.17, 15) is 18.0 Å². The number of amides is 1. The predicted molar refractivity (Wildman–Crippen MR) is 152 cm³/mol. The van der Waals surface area contributed by atoms with E-state index >= 15 is 0 Å². The van der Waals surface area contributed by atoms with E-state index in [0.717, 1.165) is 10.5 Å². The van der Waals surface area contributed by atoms with Crippen LogP contribution in [0.5, 0.6) is 0 Å². The van der Waals surface area contributed by atoms with E-state index in [1.165, 1.54) is 18.2 Å². The molecule has 0 aliphatic carbocycles. The van der Waals surface area contributed by atoms with Crippen LogP contribution in [0, 0.1) is 6.92 Å². The molecule has 1 saturated heterocycles. The number of hydrogen-bond acceptors (Lipinski definition) is 5. The van der Waals surface area contributed by atoms with Crippen LogP contribution in [-0.2, 0) is 29.6 Å². The zero-order valence-corrected chi connectivity index (χ0v) is 23.0. The Morgan fingerprint density at radius 1 is 0.775 bits per heavy atom. The molecule has 0 unspecified atom stereocenters. The third-order valence-electron chi connectivity index (χ3n) is 7.53. The molecule has 1 spiro atoms. The third kappa shape index (κ3) is 3.73. The van der Waals surface area contributed by atoms with Crippen LogP contribution < -0.4 is 0 Å². The maximum atomic E-state index is 14.4. The van der Waals surface area contributed by atoms with Gasteiger partial charge in [0.1, 0.15) is 11.6 Å². The van der Waals surface area contributed by atoms with Crippen molar-refractivity contribution in [3.8, 4) is 0 Å². The van der Waals surface area contributed by atoms with Crippen LogP contribution in [0.4, 0.5) is 0 Å². The molecule has 6 rings (SSSR count). The number of sulfone groups is 1. The summed E-state index contributed by atoms with van der Waals surface area (Å²) in [5, 5.41) is 0.510. The van der Waals surface area contributed by atoms with Crippen molar-refractivity contribution >= 4 is 38.9 Å². The highest BCUT2D eigenvalue weighted by Gasteiger charge is 2.80. The summed E-state index contributed by atoms with van der Waals surface area (Å²) in [5.74, 6) is -1.57. The molecule has 2 aliphatic heterocycles. The molecule has 1 atom stereocenters. The topological polar surface area (TPSA) is 80.8 Å². The summed E-state index contributed by atoms with van der Waals surface area (Å²) in [4.78, 5) is 29.7. The van der Waals surface area contributed by atoms with Gasteiger partial charge in [-0.15, -0.1) is 0 Å². The fourth-order valence-electron chi connectivity index (χ4n) is 5.62. The second kappa shape index (κ2) is 9.47. The van der Waals surface area contributed by atoms with Gasteiger partial charge in [-0.2, -0.15) is 0 Å². The molecule has 200 valence electrons. The van der Waals surface area contributed by atoms with E-state index in [0.29, 0.717) is 21.7 Å². The Kier molecular flexibility index (Phi) is 6.16. The fourth-order valence-corrected chi connectivity index (χ4v) is 7.09. The van der Waals surface area contributed by atoms with Crippen molar-refractivity contribution in [2.45, 2.75) is 23.0 Å². The van der Waals surface area contributed by atoms with Crippen molar-refractivity contribution in [2.24, 2.45) is 0 Å². The second-order valence-electron chi connectivity index (χ2n) is 9.90. The monoisotopic (exact) mass is 569 g/mol. The smallest absolute Gasteiger partial charge is 0.272 e. The van der Waals surface area contributed by atoms with Crippen molar-refractivity contribution in [2.75, 3.05) is 5.88 Å². The Labute approximate surface area is 237 Å². The normalized spacial score (nSPS) is 19.8. The molecule has 6 nitrogen and oxygen atoms in total. The van der Waals surface area contributed by atoms with Crippen molar-refractivity contribution in [3.63, 3.8) is 0 Å². The molecule has 4 aromatic rings. The second-order valence-corrected chi connectivity index (χ2v) is 12.3. The summed E-state index contributed by atoms with van der Waals surface area (Å²) in [6.07, 6.45) is 1.34. The largest absolute Gasteiger partial charge is 0.457 e. The highest BCUT2D eigenvalue weighted by molar-refractivity contribution is 7.91. The molecule has 4 aromatic carbocycles. The number of aryl methyl sites for hydroxylation is 1. The molecule has 1 fully saturated rings. The average molecular weight is 570 g/mol. The Balaban J connectivity index is 1.55. The molecule has 0 saturated carbocycles. The van der Waals surface area contributed by atoms with E-state index in [1.54, 1.807) is 84.9 Å². The lowest BCUT2D eigenvalue weighted by atomic mass is 9.58. The summed E-state index contributed by atoms with van der Waals surface area (Å²) < 4.78 is 33.8. The van der Waals surface area contributed by atoms with Gasteiger partial charge in [-0.05, 0) is 54.4 Å². The highest BCUT2D eigenvalue weighted by Crippen LogP contribution is 2.59. The van der Waals surface area contributed by atoms with Crippen molar-refractivity contribution in [3.05, 3.63) is 143 Å². The molecule has 0 radical (unpaired) electrons. The first-order valence-corrected chi connectivity index (χ1v) is 14.7. The number of β-lactam (4-membered cyclic amide) rings is 1. The summed E-state index contributed by atoms with van der Waals surface area (Å²) in [6, 6.07) is 30.9. The standard InChI is InChI=1S/C32H24ClNO5S/c1-22-12-18-27(19-13-22)40(37,38)21-34-30(36)31(24-8-4-2-5-9-24,25-10-6-3-7-11-25)32(34)29(35)20-28(39-32)23-14-16-26(33)17-15-23/h2-20H,21H2,1H3/t32-/m0/s1. The first-order chi connectivity index (χ1) is 19.2. The van der Waals surface area contributed by atoms with Crippen LogP contribution >= 0.6 is 11.6 Å². The SMILES string of the molecule is Cc1ccc(S(=O)(=O)CN2C(=O)C(c3ccccc3)(c3ccccc3)[C@]23OC(c2ccc(Cl)cc2)=CC3=O)cc1. The van der Waals surface area contributed by atoms with Gasteiger partial charge in [-0.1, -0.05) is 90.0 Å². The molecule has 8 heteroatoms. The van der Waals surface area contributed by atoms with Gasteiger partial charge in [0.2, 0.25) is 11.7 Å². The number of ether oxygens (including phenoxy) is 1. The molecule has 2 aliphatic rings. The average Bonchev–Trinajstić information content (AvgIpc) is 3.33. The van der Waals surface area contributed by atoms with Gasteiger partial charge >= 0.3 is 0 Å². The number of carbonyl (C=O) groups is 2. The van der Waals surface area contributed by atoms with Crippen molar-refractivity contribution in [1.82, 2.24) is 4.90 Å². The molecule has 1 amide bonds. The number of hydrogen-bond donors (Lipinski definition) is 0. The van der Waals surface area contributed by atoms with Crippen LogP contribution in [-0.4, -0.2) is 36.6 Å². The Bertz CT molecular complexity index is 1710. The van der Waals surface area contributed by atoms with Gasteiger partial charge in [0.25, 0.3) is 5.72 Å². The van der Waals surface area contributed by atoms with Crippen LogP contribution in [0.1, 0.15) is 22.3 Å². The van der Waals surface area contributed by atoms with Crippen molar-refractivity contribution in [1.29, 1.82) is 0 Å². The Morgan fingerprint density at radius 3 is 1.88 bits per heavy atom. The third-order valence-corrected chi connectivity index (χ3v) is 9.37. The summed E-state index contributed by atoms with van der Waals surface area (Å²) >= 11 is 6.08. The minimum Gasteiger partial charge on any atom is -0.457 e. The quantitative estimate of drug-likeness (QED) is 0.285. The van der Waals surface area contributed by atoms with E-state index in [4.69, 9.17) is 16.3 Å². The number of ketones is 1. The molecule has 0 N–H and O–H groups in total. The number of rotatable bonds is 6. The zero-order chi connectivity index (χ0) is 28.1. The van der Waals surface area contributed by atoms with Gasteiger partial charge in [0, 0.05) is 16.7 Å². The Morgan fingerprint density at radius 2 is 1.32 bits per heavy atom. The fraction of sp³-hybridized carbons (Fsp3) is 0.125. The molecule has 0 bridgehead atoms. The van der Waals surface area contributed by atoms with Gasteiger partial charge in [0.05, 0.1) is 4.90 Å². The van der Waals surface area contributed by atoms with Gasteiger partial charge in [-0.25, -0.2) is 8.42 Å². The Hall–Kier alpha value is -4.20. The minimum atomic E-state index is -4.03. The van der Waals surface area contributed by atoms with E-state index in [2.05, 4.69) is 0 Å².